The van der Waals surface area contributed by atoms with Crippen LogP contribution in [0.25, 0.3) is 10.9 Å². The van der Waals surface area contributed by atoms with Crippen LogP contribution in [0.5, 0.6) is 5.75 Å². The van der Waals surface area contributed by atoms with Gasteiger partial charge in [0.05, 0.1) is 29.3 Å². The molecule has 1 aliphatic rings. The number of methoxy groups -OCH3 is 1. The quantitative estimate of drug-likeness (QED) is 0.263. The number of alkyl halides is 2. The van der Waals surface area contributed by atoms with Gasteiger partial charge in [0.1, 0.15) is 5.75 Å². The molecule has 8 heteroatoms. The molecule has 0 amide bonds. The second kappa shape index (κ2) is 11.8. The number of fused-ring (bicyclic) bond motifs is 1. The molecule has 1 heterocycles. The average Bonchev–Trinajstić information content (AvgIpc) is 3.06. The number of hydrogen-bond donors (Lipinski definition) is 0. The molecule has 0 radical (unpaired) electrons. The van der Waals surface area contributed by atoms with Gasteiger partial charge in [0.15, 0.2) is 0 Å². The highest BCUT2D eigenvalue weighted by Crippen LogP contribution is 2.40. The zero-order chi connectivity index (χ0) is 22.4. The number of carbonyl (C=O) groups excluding carboxylic acids is 1. The Labute approximate surface area is 203 Å². The van der Waals surface area contributed by atoms with Crippen molar-refractivity contribution in [3.8, 4) is 5.75 Å². The van der Waals surface area contributed by atoms with Crippen LogP contribution in [0, 0.1) is 0 Å². The van der Waals surface area contributed by atoms with Crippen molar-refractivity contribution in [1.29, 1.82) is 0 Å². The fourth-order valence-corrected chi connectivity index (χ4v) is 5.55. The van der Waals surface area contributed by atoms with E-state index in [0.717, 1.165) is 33.9 Å². The van der Waals surface area contributed by atoms with Gasteiger partial charge in [0.2, 0.25) is 0 Å². The lowest BCUT2D eigenvalue weighted by Gasteiger charge is -2.29. The molecule has 3 rings (SSSR count). The maximum atomic E-state index is 13.2. The highest BCUT2D eigenvalue weighted by molar-refractivity contribution is 9.10. The molecular weight excluding hydrogens is 503 g/mol. The highest BCUT2D eigenvalue weighted by atomic mass is 79.9. The first-order valence-electron chi connectivity index (χ1n) is 11.0. The summed E-state index contributed by atoms with van der Waals surface area (Å²) in [7, 11) is 1.64. The van der Waals surface area contributed by atoms with E-state index >= 15 is 0 Å². The molecule has 0 aliphatic heterocycles. The van der Waals surface area contributed by atoms with E-state index in [9.17, 15) is 4.79 Å². The summed E-state index contributed by atoms with van der Waals surface area (Å²) in [4.78, 5) is 15.4. The second-order valence-electron chi connectivity index (χ2n) is 7.86. The molecule has 0 N–H and O–H groups in total. The van der Waals surface area contributed by atoms with Gasteiger partial charge in [0, 0.05) is 48.5 Å². The first-order chi connectivity index (χ1) is 15.0. The number of rotatable bonds is 10. The summed E-state index contributed by atoms with van der Waals surface area (Å²) < 4.78 is 14.3. The molecule has 0 spiro atoms. The summed E-state index contributed by atoms with van der Waals surface area (Å²) in [5.74, 6) is 1.42. The van der Waals surface area contributed by atoms with Crippen LogP contribution in [0.4, 0.5) is 0 Å². The van der Waals surface area contributed by atoms with Crippen LogP contribution in [0.2, 0.25) is 0 Å². The molecule has 0 atom stereocenters. The maximum absolute atomic E-state index is 13.2. The van der Waals surface area contributed by atoms with Gasteiger partial charge in [-0.2, -0.15) is 0 Å². The molecular formula is C23H31BrCl2N2O3. The molecule has 1 saturated carbocycles. The molecule has 1 aromatic heterocycles. The van der Waals surface area contributed by atoms with Crippen LogP contribution in [0.15, 0.2) is 16.6 Å². The molecule has 0 bridgehead atoms. The third-order valence-electron chi connectivity index (χ3n) is 5.97. The minimum atomic E-state index is -0.293. The maximum Gasteiger partial charge on any atom is 0.340 e. The summed E-state index contributed by atoms with van der Waals surface area (Å²) in [6, 6.07) is 4.37. The van der Waals surface area contributed by atoms with E-state index < -0.39 is 0 Å². The van der Waals surface area contributed by atoms with Crippen LogP contribution < -0.4 is 4.74 Å². The molecule has 172 valence electrons. The van der Waals surface area contributed by atoms with Gasteiger partial charge in [0.25, 0.3) is 0 Å². The first kappa shape index (κ1) is 24.7. The Morgan fingerprint density at radius 1 is 1.19 bits per heavy atom. The fraction of sp³-hybridized carbons (Fsp3) is 0.609. The Kier molecular flexibility index (Phi) is 9.38. The van der Waals surface area contributed by atoms with Crippen LogP contribution >= 0.6 is 39.1 Å². The van der Waals surface area contributed by atoms with Crippen LogP contribution in [-0.4, -0.2) is 54.0 Å². The summed E-state index contributed by atoms with van der Waals surface area (Å²) in [5, 5.41) is 0.871. The van der Waals surface area contributed by atoms with Crippen molar-refractivity contribution in [1.82, 2.24) is 9.47 Å². The second-order valence-corrected chi connectivity index (χ2v) is 9.47. The molecule has 1 aromatic carbocycles. The Bertz CT molecular complexity index is 891. The minimum Gasteiger partial charge on any atom is -0.496 e. The van der Waals surface area contributed by atoms with Crippen molar-refractivity contribution >= 4 is 56.0 Å². The van der Waals surface area contributed by atoms with Gasteiger partial charge in [-0.05, 0) is 47.8 Å². The number of halogens is 3. The standard InChI is InChI=1S/C23H31BrCl2N2O3/c1-3-31-23(29)22-17-13-21(30-2)18(24)14-19(17)28(16-7-5-4-6-8-16)20(22)15-27(11-9-25)12-10-26/h13-14,16H,3-12,15H2,1-2H3. The number of ether oxygens (including phenoxy) is 2. The van der Waals surface area contributed by atoms with Gasteiger partial charge in [-0.3, -0.25) is 4.90 Å². The van der Waals surface area contributed by atoms with E-state index in [-0.39, 0.29) is 5.97 Å². The van der Waals surface area contributed by atoms with Crippen LogP contribution in [0.1, 0.15) is 61.1 Å². The van der Waals surface area contributed by atoms with Gasteiger partial charge in [-0.25, -0.2) is 4.79 Å². The summed E-state index contributed by atoms with van der Waals surface area (Å²) in [5.41, 5.74) is 2.65. The van der Waals surface area contributed by atoms with Crippen molar-refractivity contribution < 1.29 is 14.3 Å². The third-order valence-corrected chi connectivity index (χ3v) is 6.93. The van der Waals surface area contributed by atoms with E-state index in [1.807, 2.05) is 13.0 Å². The van der Waals surface area contributed by atoms with E-state index in [4.69, 9.17) is 32.7 Å². The SMILES string of the molecule is CCOC(=O)c1c(CN(CCCl)CCCl)n(C2CCCCC2)c2cc(Br)c(OC)cc12. The van der Waals surface area contributed by atoms with E-state index in [1.54, 1.807) is 7.11 Å². The van der Waals surface area contributed by atoms with Gasteiger partial charge < -0.3 is 14.0 Å². The number of aromatic nitrogens is 1. The number of nitrogens with zero attached hydrogens (tertiary/aromatic N) is 2. The number of benzene rings is 1. The van der Waals surface area contributed by atoms with Gasteiger partial charge in [-0.1, -0.05) is 19.3 Å². The zero-order valence-electron chi connectivity index (χ0n) is 18.3. The predicted octanol–water partition coefficient (Wildman–Crippen LogP) is 6.37. The third kappa shape index (κ3) is 5.52. The summed E-state index contributed by atoms with van der Waals surface area (Å²) in [6.45, 7) is 4.17. The van der Waals surface area contributed by atoms with Crippen molar-refractivity contribution in [3.63, 3.8) is 0 Å². The molecule has 1 aliphatic carbocycles. The van der Waals surface area contributed by atoms with E-state index in [0.29, 0.717) is 55.4 Å². The Morgan fingerprint density at radius 2 is 1.87 bits per heavy atom. The summed E-state index contributed by atoms with van der Waals surface area (Å²) >= 11 is 15.8. The highest BCUT2D eigenvalue weighted by Gasteiger charge is 2.30. The predicted molar refractivity (Wildman–Crippen MR) is 131 cm³/mol. The molecule has 1 fully saturated rings. The Morgan fingerprint density at radius 3 is 2.45 bits per heavy atom. The van der Waals surface area contributed by atoms with Crippen molar-refractivity contribution in [3.05, 3.63) is 27.9 Å². The van der Waals surface area contributed by atoms with Crippen molar-refractivity contribution in [2.75, 3.05) is 38.6 Å². The topological polar surface area (TPSA) is 43.7 Å². The van der Waals surface area contributed by atoms with Crippen molar-refractivity contribution in [2.45, 2.75) is 51.6 Å². The largest absolute Gasteiger partial charge is 0.496 e. The molecule has 5 nitrogen and oxygen atoms in total. The number of hydrogen-bond acceptors (Lipinski definition) is 4. The Balaban J connectivity index is 2.26. The van der Waals surface area contributed by atoms with Gasteiger partial charge in [-0.15, -0.1) is 23.2 Å². The smallest absolute Gasteiger partial charge is 0.340 e. The van der Waals surface area contributed by atoms with Crippen LogP contribution in [-0.2, 0) is 11.3 Å². The van der Waals surface area contributed by atoms with Crippen LogP contribution in [0.3, 0.4) is 0 Å². The summed E-state index contributed by atoms with van der Waals surface area (Å²) in [6.07, 6.45) is 5.87. The number of esters is 1. The monoisotopic (exact) mass is 532 g/mol. The lowest BCUT2D eigenvalue weighted by molar-refractivity contribution is 0.0525. The minimum absolute atomic E-state index is 0.293. The Hall–Kier alpha value is -0.950. The fourth-order valence-electron chi connectivity index (χ4n) is 4.58. The number of carbonyl (C=O) groups is 1. The first-order valence-corrected chi connectivity index (χ1v) is 12.8. The normalized spacial score (nSPS) is 15.0. The van der Waals surface area contributed by atoms with E-state index in [2.05, 4.69) is 31.5 Å². The van der Waals surface area contributed by atoms with Crippen molar-refractivity contribution in [2.24, 2.45) is 0 Å². The lowest BCUT2D eigenvalue weighted by Crippen LogP contribution is -2.30. The lowest BCUT2D eigenvalue weighted by atomic mass is 9.95. The average molecular weight is 534 g/mol. The molecule has 2 aromatic rings. The molecule has 0 saturated heterocycles. The van der Waals surface area contributed by atoms with E-state index in [1.165, 1.54) is 19.3 Å². The molecule has 31 heavy (non-hydrogen) atoms. The van der Waals surface area contributed by atoms with Gasteiger partial charge >= 0.3 is 5.97 Å². The zero-order valence-corrected chi connectivity index (χ0v) is 21.4. The molecule has 0 unspecified atom stereocenters.